The number of piperidine rings is 1. The molecule has 0 aromatic carbocycles. The lowest BCUT2D eigenvalue weighted by Crippen LogP contribution is -2.53. The first kappa shape index (κ1) is 16.4. The predicted molar refractivity (Wildman–Crippen MR) is 74.6 cm³/mol. The molecule has 0 spiro atoms. The van der Waals surface area contributed by atoms with Gasteiger partial charge in [0.1, 0.15) is 5.60 Å². The lowest BCUT2D eigenvalue weighted by molar-refractivity contribution is -0.189. The first-order valence-corrected chi connectivity index (χ1v) is 8.07. The van der Waals surface area contributed by atoms with Crippen LogP contribution >= 0.6 is 0 Å². The Labute approximate surface area is 132 Å². The molecule has 8 heteroatoms. The van der Waals surface area contributed by atoms with Crippen molar-refractivity contribution in [3.8, 4) is 0 Å². The topological polar surface area (TPSA) is 49.9 Å². The molecule has 0 unspecified atom stereocenters. The van der Waals surface area contributed by atoms with Crippen molar-refractivity contribution in [2.45, 2.75) is 69.3 Å². The monoisotopic (exact) mass is 334 g/mol. The highest BCUT2D eigenvalue weighted by atomic mass is 19.4. The van der Waals surface area contributed by atoms with Gasteiger partial charge in [-0.15, -0.1) is 0 Å². The fourth-order valence-corrected chi connectivity index (χ4v) is 3.01. The summed E-state index contributed by atoms with van der Waals surface area (Å²) in [5, 5.41) is 0. The number of hydrogen-bond acceptors (Lipinski definition) is 3. The van der Waals surface area contributed by atoms with Gasteiger partial charge in [-0.1, -0.05) is 0 Å². The fraction of sp³-hybridized carbons (Fsp3) is 0.867. The average Bonchev–Trinajstić information content (AvgIpc) is 3.38. The molecule has 2 aliphatic carbocycles. The summed E-state index contributed by atoms with van der Waals surface area (Å²) in [5.74, 6) is -1.74. The van der Waals surface area contributed by atoms with Crippen LogP contribution in [0.15, 0.2) is 0 Å². The van der Waals surface area contributed by atoms with Crippen LogP contribution in [0.1, 0.15) is 45.4 Å². The summed E-state index contributed by atoms with van der Waals surface area (Å²) in [6, 6.07) is -0.741. The Kier molecular flexibility index (Phi) is 3.96. The highest BCUT2D eigenvalue weighted by molar-refractivity contribution is 5.82. The maximum Gasteiger partial charge on any atom is 0.471 e. The van der Waals surface area contributed by atoms with Crippen LogP contribution in [0.25, 0.3) is 0 Å². The molecule has 130 valence electrons. The molecular formula is C15H21F3N2O3. The van der Waals surface area contributed by atoms with Crippen molar-refractivity contribution in [2.24, 2.45) is 0 Å². The van der Waals surface area contributed by atoms with Gasteiger partial charge in [-0.25, -0.2) is 4.79 Å². The van der Waals surface area contributed by atoms with Crippen molar-refractivity contribution in [3.63, 3.8) is 0 Å². The number of likely N-dealkylation sites (tertiary alicyclic amines) is 1. The molecular weight excluding hydrogens is 313 g/mol. The van der Waals surface area contributed by atoms with Gasteiger partial charge in [-0.3, -0.25) is 4.79 Å². The maximum atomic E-state index is 12.8. The van der Waals surface area contributed by atoms with Crippen LogP contribution in [0.3, 0.4) is 0 Å². The van der Waals surface area contributed by atoms with E-state index in [9.17, 15) is 22.8 Å². The summed E-state index contributed by atoms with van der Waals surface area (Å²) < 4.78 is 43.7. The standard InChI is InChI=1S/C15H21F3N2O3/c1-14(6-7-14)23-13(22)19-8-4-11(5-9-19)20(10-2-3-10)12(21)15(16,17)18/h10-11H,2-9H2,1H3. The number of hydrogen-bond donors (Lipinski definition) is 0. The van der Waals surface area contributed by atoms with Gasteiger partial charge in [0.05, 0.1) is 0 Å². The molecule has 1 heterocycles. The second-order valence-electron chi connectivity index (χ2n) is 6.98. The largest absolute Gasteiger partial charge is 0.471 e. The number of amides is 2. The molecule has 0 aromatic rings. The molecule has 0 N–H and O–H groups in total. The van der Waals surface area contributed by atoms with Crippen molar-refractivity contribution < 1.29 is 27.5 Å². The van der Waals surface area contributed by atoms with E-state index in [1.807, 2.05) is 6.92 Å². The minimum atomic E-state index is -4.83. The van der Waals surface area contributed by atoms with Crippen LogP contribution < -0.4 is 0 Å². The zero-order chi connectivity index (χ0) is 16.8. The molecule has 1 aliphatic heterocycles. The zero-order valence-electron chi connectivity index (χ0n) is 13.1. The van der Waals surface area contributed by atoms with Crippen molar-refractivity contribution in [1.29, 1.82) is 0 Å². The minimum Gasteiger partial charge on any atom is -0.443 e. The van der Waals surface area contributed by atoms with E-state index in [-0.39, 0.29) is 11.6 Å². The molecule has 0 radical (unpaired) electrons. The number of carbonyl (C=O) groups is 2. The molecule has 1 saturated heterocycles. The van der Waals surface area contributed by atoms with Crippen LogP contribution in [-0.4, -0.2) is 58.8 Å². The Hall–Kier alpha value is -1.47. The van der Waals surface area contributed by atoms with Gasteiger partial charge in [0.25, 0.3) is 0 Å². The molecule has 5 nitrogen and oxygen atoms in total. The summed E-state index contributed by atoms with van der Waals surface area (Å²) in [5.41, 5.74) is -0.361. The smallest absolute Gasteiger partial charge is 0.443 e. The second-order valence-corrected chi connectivity index (χ2v) is 6.98. The lowest BCUT2D eigenvalue weighted by Gasteiger charge is -2.38. The number of nitrogens with zero attached hydrogens (tertiary/aromatic N) is 2. The Balaban J connectivity index is 1.56. The van der Waals surface area contributed by atoms with E-state index in [1.165, 1.54) is 4.90 Å². The van der Waals surface area contributed by atoms with Crippen LogP contribution in [0, 0.1) is 0 Å². The number of alkyl halides is 3. The van der Waals surface area contributed by atoms with E-state index < -0.39 is 24.2 Å². The number of rotatable bonds is 3. The van der Waals surface area contributed by atoms with E-state index >= 15 is 0 Å². The van der Waals surface area contributed by atoms with E-state index in [0.29, 0.717) is 38.8 Å². The van der Waals surface area contributed by atoms with Crippen molar-refractivity contribution in [1.82, 2.24) is 9.80 Å². The molecule has 3 rings (SSSR count). The van der Waals surface area contributed by atoms with Gasteiger partial charge in [0.15, 0.2) is 0 Å². The lowest BCUT2D eigenvalue weighted by atomic mass is 10.0. The Bertz CT molecular complexity index is 493. The van der Waals surface area contributed by atoms with Gasteiger partial charge >= 0.3 is 18.2 Å². The number of halogens is 3. The Morgan fingerprint density at radius 1 is 1.09 bits per heavy atom. The summed E-state index contributed by atoms with van der Waals surface area (Å²) in [6.45, 7) is 2.52. The third-order valence-corrected chi connectivity index (χ3v) is 4.82. The van der Waals surface area contributed by atoms with Crippen LogP contribution in [0.5, 0.6) is 0 Å². The SMILES string of the molecule is CC1(OC(=O)N2CCC(N(C(=O)C(F)(F)F)C3CC3)CC2)CC1. The van der Waals surface area contributed by atoms with Crippen molar-refractivity contribution in [2.75, 3.05) is 13.1 Å². The molecule has 2 amide bonds. The summed E-state index contributed by atoms with van der Waals surface area (Å²) >= 11 is 0. The molecule has 0 atom stereocenters. The number of carbonyl (C=O) groups excluding carboxylic acids is 2. The quantitative estimate of drug-likeness (QED) is 0.797. The average molecular weight is 334 g/mol. The Morgan fingerprint density at radius 2 is 1.61 bits per heavy atom. The minimum absolute atomic E-state index is 0.294. The third kappa shape index (κ3) is 3.72. The summed E-state index contributed by atoms with van der Waals surface area (Å²) in [6.07, 6.45) is -1.54. The van der Waals surface area contributed by atoms with Crippen LogP contribution in [-0.2, 0) is 9.53 Å². The highest BCUT2D eigenvalue weighted by Gasteiger charge is 2.50. The van der Waals surface area contributed by atoms with Crippen LogP contribution in [0.2, 0.25) is 0 Å². The normalized spacial score (nSPS) is 24.3. The fourth-order valence-electron chi connectivity index (χ4n) is 3.01. The molecule has 3 aliphatic rings. The highest BCUT2D eigenvalue weighted by Crippen LogP contribution is 2.40. The Morgan fingerprint density at radius 3 is 2.04 bits per heavy atom. The third-order valence-electron chi connectivity index (χ3n) is 4.82. The second kappa shape index (κ2) is 5.56. The van der Waals surface area contributed by atoms with Crippen molar-refractivity contribution in [3.05, 3.63) is 0 Å². The molecule has 23 heavy (non-hydrogen) atoms. The van der Waals surface area contributed by atoms with Crippen LogP contribution in [0.4, 0.5) is 18.0 Å². The van der Waals surface area contributed by atoms with E-state index in [4.69, 9.17) is 4.74 Å². The van der Waals surface area contributed by atoms with E-state index in [1.54, 1.807) is 0 Å². The number of ether oxygens (including phenoxy) is 1. The van der Waals surface area contributed by atoms with E-state index in [2.05, 4.69) is 0 Å². The van der Waals surface area contributed by atoms with Crippen molar-refractivity contribution >= 4 is 12.0 Å². The van der Waals surface area contributed by atoms with Gasteiger partial charge in [0, 0.05) is 25.2 Å². The van der Waals surface area contributed by atoms with Gasteiger partial charge in [0.2, 0.25) is 0 Å². The first-order valence-electron chi connectivity index (χ1n) is 8.07. The first-order chi connectivity index (χ1) is 10.7. The van der Waals surface area contributed by atoms with Gasteiger partial charge < -0.3 is 14.5 Å². The molecule has 0 aromatic heterocycles. The maximum absolute atomic E-state index is 12.8. The van der Waals surface area contributed by atoms with E-state index in [0.717, 1.165) is 17.7 Å². The van der Waals surface area contributed by atoms with Gasteiger partial charge in [-0.2, -0.15) is 13.2 Å². The summed E-state index contributed by atoms with van der Waals surface area (Å²) in [4.78, 5) is 26.2. The van der Waals surface area contributed by atoms with Gasteiger partial charge in [-0.05, 0) is 45.4 Å². The molecule has 3 fully saturated rings. The summed E-state index contributed by atoms with van der Waals surface area (Å²) in [7, 11) is 0. The molecule has 0 bridgehead atoms. The molecule has 2 saturated carbocycles. The zero-order valence-corrected chi connectivity index (χ0v) is 13.1. The predicted octanol–water partition coefficient (Wildman–Crippen LogP) is 2.69.